The minimum Gasteiger partial charge on any atom is -0.325 e. The molecule has 3 aliphatic rings. The fourth-order valence-electron chi connectivity index (χ4n) is 4.77. The number of fused-ring (bicyclic) bond motifs is 1. The Balaban J connectivity index is 1.45. The number of carbonyl (C=O) groups is 3. The van der Waals surface area contributed by atoms with Gasteiger partial charge in [0.2, 0.25) is 0 Å². The Morgan fingerprint density at radius 1 is 1.00 bits per heavy atom. The molecule has 4 rings (SSSR count). The molecule has 0 bridgehead atoms. The molecule has 1 N–H and O–H groups in total. The van der Waals surface area contributed by atoms with Gasteiger partial charge in [-0.05, 0) is 64.0 Å². The van der Waals surface area contributed by atoms with Crippen LogP contribution >= 0.6 is 0 Å². The third kappa shape index (κ3) is 3.88. The summed E-state index contributed by atoms with van der Waals surface area (Å²) in [6, 6.07) is 5.08. The molecule has 7 nitrogen and oxygen atoms in total. The van der Waals surface area contributed by atoms with Crippen LogP contribution in [0.1, 0.15) is 65.7 Å². The Kier molecular flexibility index (Phi) is 5.58. The molecule has 0 radical (unpaired) electrons. The summed E-state index contributed by atoms with van der Waals surface area (Å²) in [6.07, 6.45) is 6.96. The van der Waals surface area contributed by atoms with E-state index in [9.17, 15) is 14.4 Å². The summed E-state index contributed by atoms with van der Waals surface area (Å²) >= 11 is 0. The summed E-state index contributed by atoms with van der Waals surface area (Å²) < 4.78 is 0. The summed E-state index contributed by atoms with van der Waals surface area (Å²) in [5.74, 6) is -0.421. The molecule has 7 heteroatoms. The van der Waals surface area contributed by atoms with Crippen molar-refractivity contribution in [2.24, 2.45) is 0 Å². The Labute approximate surface area is 172 Å². The van der Waals surface area contributed by atoms with E-state index in [4.69, 9.17) is 0 Å². The first-order valence-corrected chi connectivity index (χ1v) is 10.7. The van der Waals surface area contributed by atoms with Crippen LogP contribution in [0.2, 0.25) is 0 Å². The van der Waals surface area contributed by atoms with Crippen molar-refractivity contribution < 1.29 is 14.4 Å². The van der Waals surface area contributed by atoms with Gasteiger partial charge in [-0.25, -0.2) is 4.79 Å². The SMILES string of the molecule is CN1CCC(N(C)C(=O)Nc2ccc3c(c2)C(=O)N(C2CCCCC2)C3=O)CC1. The first kappa shape index (κ1) is 19.9. The molecule has 0 unspecified atom stereocenters. The molecule has 2 fully saturated rings. The predicted octanol–water partition coefficient (Wildman–Crippen LogP) is 3.17. The van der Waals surface area contributed by atoms with Crippen molar-refractivity contribution in [2.75, 3.05) is 32.5 Å². The van der Waals surface area contributed by atoms with Crippen molar-refractivity contribution in [3.63, 3.8) is 0 Å². The Morgan fingerprint density at radius 2 is 1.66 bits per heavy atom. The van der Waals surface area contributed by atoms with E-state index in [1.807, 2.05) is 7.05 Å². The third-order valence-corrected chi connectivity index (χ3v) is 6.67. The lowest BCUT2D eigenvalue weighted by atomic mass is 9.94. The number of amides is 4. The average Bonchev–Trinajstić information content (AvgIpc) is 2.98. The highest BCUT2D eigenvalue weighted by molar-refractivity contribution is 6.22. The molecule has 156 valence electrons. The number of hydrogen-bond acceptors (Lipinski definition) is 4. The van der Waals surface area contributed by atoms with Crippen molar-refractivity contribution in [1.82, 2.24) is 14.7 Å². The fourth-order valence-corrected chi connectivity index (χ4v) is 4.77. The number of nitrogens with zero attached hydrogens (tertiary/aromatic N) is 3. The van der Waals surface area contributed by atoms with E-state index in [-0.39, 0.29) is 29.9 Å². The van der Waals surface area contributed by atoms with E-state index in [2.05, 4.69) is 17.3 Å². The summed E-state index contributed by atoms with van der Waals surface area (Å²) in [7, 11) is 3.91. The maximum absolute atomic E-state index is 12.9. The largest absolute Gasteiger partial charge is 0.325 e. The number of piperidine rings is 1. The van der Waals surface area contributed by atoms with Gasteiger partial charge in [0.15, 0.2) is 0 Å². The van der Waals surface area contributed by atoms with Crippen LogP contribution in [0.3, 0.4) is 0 Å². The molecule has 1 aromatic rings. The number of carbonyl (C=O) groups excluding carboxylic acids is 3. The minimum atomic E-state index is -0.225. The Morgan fingerprint density at radius 3 is 2.34 bits per heavy atom. The zero-order valence-corrected chi connectivity index (χ0v) is 17.3. The summed E-state index contributed by atoms with van der Waals surface area (Å²) in [5, 5.41) is 2.90. The van der Waals surface area contributed by atoms with Crippen molar-refractivity contribution in [2.45, 2.75) is 57.0 Å². The van der Waals surface area contributed by atoms with Gasteiger partial charge in [-0.2, -0.15) is 0 Å². The number of rotatable bonds is 3. The number of hydrogen-bond donors (Lipinski definition) is 1. The van der Waals surface area contributed by atoms with Crippen LogP contribution in [0.4, 0.5) is 10.5 Å². The number of likely N-dealkylation sites (tertiary alicyclic amines) is 1. The van der Waals surface area contributed by atoms with Gasteiger partial charge in [-0.1, -0.05) is 19.3 Å². The number of nitrogens with one attached hydrogen (secondary N) is 1. The third-order valence-electron chi connectivity index (χ3n) is 6.67. The van der Waals surface area contributed by atoms with Crippen molar-refractivity contribution >= 4 is 23.5 Å². The first-order chi connectivity index (χ1) is 14.0. The highest BCUT2D eigenvalue weighted by Gasteiger charge is 2.40. The summed E-state index contributed by atoms with van der Waals surface area (Å²) in [5.41, 5.74) is 1.41. The molecule has 1 saturated carbocycles. The predicted molar refractivity (Wildman–Crippen MR) is 111 cm³/mol. The molecule has 4 amide bonds. The van der Waals surface area contributed by atoms with Crippen LogP contribution in [-0.2, 0) is 0 Å². The lowest BCUT2D eigenvalue weighted by Gasteiger charge is -2.35. The molecule has 0 atom stereocenters. The zero-order chi connectivity index (χ0) is 20.5. The van der Waals surface area contributed by atoms with Gasteiger partial charge < -0.3 is 15.1 Å². The van der Waals surface area contributed by atoms with Crippen LogP contribution in [0, 0.1) is 0 Å². The zero-order valence-electron chi connectivity index (χ0n) is 17.3. The molecule has 29 heavy (non-hydrogen) atoms. The molecule has 2 heterocycles. The molecule has 1 aromatic carbocycles. The van der Waals surface area contributed by atoms with E-state index < -0.39 is 0 Å². The van der Waals surface area contributed by atoms with Gasteiger partial charge in [-0.3, -0.25) is 14.5 Å². The van der Waals surface area contributed by atoms with Gasteiger partial charge in [0.25, 0.3) is 11.8 Å². The number of anilines is 1. The fraction of sp³-hybridized carbons (Fsp3) is 0.591. The second kappa shape index (κ2) is 8.14. The van der Waals surface area contributed by atoms with Crippen LogP contribution < -0.4 is 5.32 Å². The van der Waals surface area contributed by atoms with Gasteiger partial charge in [-0.15, -0.1) is 0 Å². The number of urea groups is 1. The maximum atomic E-state index is 12.9. The quantitative estimate of drug-likeness (QED) is 0.794. The second-order valence-corrected chi connectivity index (χ2v) is 8.61. The van der Waals surface area contributed by atoms with Crippen LogP contribution in [0.15, 0.2) is 18.2 Å². The molecular formula is C22H30N4O3. The van der Waals surface area contributed by atoms with Crippen LogP contribution in [0.25, 0.3) is 0 Å². The number of benzene rings is 1. The molecular weight excluding hydrogens is 368 g/mol. The van der Waals surface area contributed by atoms with Gasteiger partial charge in [0, 0.05) is 24.8 Å². The van der Waals surface area contributed by atoms with Gasteiger partial charge in [0.1, 0.15) is 0 Å². The van der Waals surface area contributed by atoms with Crippen molar-refractivity contribution in [3.8, 4) is 0 Å². The maximum Gasteiger partial charge on any atom is 0.321 e. The van der Waals surface area contributed by atoms with E-state index in [0.717, 1.165) is 51.6 Å². The smallest absolute Gasteiger partial charge is 0.321 e. The molecule has 2 aliphatic heterocycles. The topological polar surface area (TPSA) is 73.0 Å². The average molecular weight is 399 g/mol. The first-order valence-electron chi connectivity index (χ1n) is 10.7. The lowest BCUT2D eigenvalue weighted by molar-refractivity contribution is 0.0549. The minimum absolute atomic E-state index is 0.00440. The standard InChI is InChI=1S/C22H30N4O3/c1-24-12-10-16(11-13-24)25(2)22(29)23-15-8-9-18-19(14-15)21(28)26(20(18)27)17-6-4-3-5-7-17/h8-9,14,16-17H,3-7,10-13H2,1-2H3,(H,23,29). The molecule has 0 aromatic heterocycles. The van der Waals surface area contributed by atoms with E-state index in [0.29, 0.717) is 16.8 Å². The normalized spacial score (nSPS) is 21.4. The molecule has 0 spiro atoms. The van der Waals surface area contributed by atoms with E-state index in [1.54, 1.807) is 23.1 Å². The molecule has 1 saturated heterocycles. The molecule has 1 aliphatic carbocycles. The second-order valence-electron chi connectivity index (χ2n) is 8.61. The Bertz CT molecular complexity index is 810. The Hall–Kier alpha value is -2.41. The summed E-state index contributed by atoms with van der Waals surface area (Å²) in [4.78, 5) is 43.9. The number of imide groups is 1. The lowest BCUT2D eigenvalue weighted by Crippen LogP contribution is -2.46. The summed E-state index contributed by atoms with van der Waals surface area (Å²) in [6.45, 7) is 1.96. The van der Waals surface area contributed by atoms with E-state index >= 15 is 0 Å². The van der Waals surface area contributed by atoms with Crippen LogP contribution in [0.5, 0.6) is 0 Å². The monoisotopic (exact) mass is 398 g/mol. The van der Waals surface area contributed by atoms with Crippen LogP contribution in [-0.4, -0.2) is 71.8 Å². The van der Waals surface area contributed by atoms with E-state index in [1.165, 1.54) is 11.3 Å². The highest BCUT2D eigenvalue weighted by atomic mass is 16.2. The van der Waals surface area contributed by atoms with Crippen molar-refractivity contribution in [3.05, 3.63) is 29.3 Å². The van der Waals surface area contributed by atoms with Gasteiger partial charge >= 0.3 is 6.03 Å². The van der Waals surface area contributed by atoms with Gasteiger partial charge in [0.05, 0.1) is 11.1 Å². The highest BCUT2D eigenvalue weighted by Crippen LogP contribution is 2.32. The van der Waals surface area contributed by atoms with Crippen molar-refractivity contribution in [1.29, 1.82) is 0 Å².